The van der Waals surface area contributed by atoms with Gasteiger partial charge in [0.05, 0.1) is 10.2 Å². The second-order valence-corrected chi connectivity index (χ2v) is 6.47. The quantitative estimate of drug-likeness (QED) is 0.719. The maximum atomic E-state index is 13.1. The number of Topliss-reactive ketones (excluding diaryl/α,β-unsaturated/α-hetero) is 1. The first kappa shape index (κ1) is 15.3. The number of halogens is 2. The Hall–Kier alpha value is -1.13. The molecule has 0 fully saturated rings. The van der Waals surface area contributed by atoms with Crippen molar-refractivity contribution in [1.82, 2.24) is 0 Å². The molecule has 0 radical (unpaired) electrons. The maximum Gasteiger partial charge on any atom is 0.147 e. The summed E-state index contributed by atoms with van der Waals surface area (Å²) in [4.78, 5) is 13.0. The van der Waals surface area contributed by atoms with Crippen molar-refractivity contribution >= 4 is 33.5 Å². The van der Waals surface area contributed by atoms with Gasteiger partial charge in [0.15, 0.2) is 0 Å². The van der Waals surface area contributed by atoms with Gasteiger partial charge in [-0.2, -0.15) is 0 Å². The van der Waals surface area contributed by atoms with Crippen molar-refractivity contribution in [1.29, 1.82) is 0 Å². The Kier molecular flexibility index (Phi) is 5.38. The first-order chi connectivity index (χ1) is 9.54. The summed E-state index contributed by atoms with van der Waals surface area (Å²) in [5, 5.41) is 0. The van der Waals surface area contributed by atoms with E-state index in [1.54, 1.807) is 12.1 Å². The summed E-state index contributed by atoms with van der Waals surface area (Å²) in [6.45, 7) is 2.03. The van der Waals surface area contributed by atoms with Crippen LogP contribution < -0.4 is 0 Å². The molecule has 0 aliphatic rings. The van der Waals surface area contributed by atoms with E-state index in [1.807, 2.05) is 31.2 Å². The van der Waals surface area contributed by atoms with Crippen molar-refractivity contribution in [2.75, 3.05) is 5.75 Å². The third-order valence-corrected chi connectivity index (χ3v) is 4.49. The van der Waals surface area contributed by atoms with Crippen LogP contribution in [-0.2, 0) is 11.2 Å². The predicted molar refractivity (Wildman–Crippen MR) is 84.7 cm³/mol. The molecule has 0 saturated carbocycles. The summed E-state index contributed by atoms with van der Waals surface area (Å²) in [6, 6.07) is 12.8. The molecule has 0 bridgehead atoms. The van der Waals surface area contributed by atoms with Crippen LogP contribution in [0.3, 0.4) is 0 Å². The molecule has 20 heavy (non-hydrogen) atoms. The molecule has 0 saturated heterocycles. The molecule has 2 aromatic carbocycles. The fraction of sp³-hybridized carbons (Fsp3) is 0.188. The second kappa shape index (κ2) is 7.04. The first-order valence-electron chi connectivity index (χ1n) is 6.19. The van der Waals surface area contributed by atoms with Crippen LogP contribution in [0.15, 0.2) is 51.8 Å². The van der Waals surface area contributed by atoms with Gasteiger partial charge in [0.1, 0.15) is 11.6 Å². The van der Waals surface area contributed by atoms with E-state index in [0.717, 1.165) is 10.5 Å². The van der Waals surface area contributed by atoms with Gasteiger partial charge in [0, 0.05) is 11.3 Å². The number of hydrogen-bond acceptors (Lipinski definition) is 2. The van der Waals surface area contributed by atoms with E-state index in [4.69, 9.17) is 0 Å². The molecule has 0 aromatic heterocycles. The van der Waals surface area contributed by atoms with Crippen LogP contribution in [-0.4, -0.2) is 11.5 Å². The SMILES string of the molecule is Cc1ccc(SCC(=O)Cc2ccc(F)c(Br)c2)cc1. The first-order valence-corrected chi connectivity index (χ1v) is 7.97. The van der Waals surface area contributed by atoms with E-state index < -0.39 is 0 Å². The summed E-state index contributed by atoms with van der Waals surface area (Å²) in [7, 11) is 0. The van der Waals surface area contributed by atoms with E-state index in [0.29, 0.717) is 16.6 Å². The second-order valence-electron chi connectivity index (χ2n) is 4.57. The molecule has 0 amide bonds. The lowest BCUT2D eigenvalue weighted by Crippen LogP contribution is -2.05. The number of benzene rings is 2. The molecule has 0 unspecified atom stereocenters. The number of ketones is 1. The van der Waals surface area contributed by atoms with Crippen LogP contribution in [0.1, 0.15) is 11.1 Å². The zero-order valence-electron chi connectivity index (χ0n) is 11.0. The molecule has 2 aromatic rings. The van der Waals surface area contributed by atoms with E-state index in [9.17, 15) is 9.18 Å². The molecule has 1 nitrogen and oxygen atoms in total. The van der Waals surface area contributed by atoms with E-state index in [2.05, 4.69) is 15.9 Å². The fourth-order valence-electron chi connectivity index (χ4n) is 1.73. The maximum absolute atomic E-state index is 13.1. The monoisotopic (exact) mass is 352 g/mol. The van der Waals surface area contributed by atoms with Crippen LogP contribution in [0, 0.1) is 12.7 Å². The van der Waals surface area contributed by atoms with Crippen LogP contribution in [0.2, 0.25) is 0 Å². The van der Waals surface area contributed by atoms with Crippen LogP contribution in [0.5, 0.6) is 0 Å². The highest BCUT2D eigenvalue weighted by Gasteiger charge is 2.07. The number of carbonyl (C=O) groups is 1. The number of thioether (sulfide) groups is 1. The van der Waals surface area contributed by atoms with Crippen LogP contribution in [0.4, 0.5) is 4.39 Å². The Morgan fingerprint density at radius 3 is 2.55 bits per heavy atom. The van der Waals surface area contributed by atoms with Crippen molar-refractivity contribution in [2.45, 2.75) is 18.2 Å². The van der Waals surface area contributed by atoms with Gasteiger partial charge >= 0.3 is 0 Å². The Morgan fingerprint density at radius 2 is 1.90 bits per heavy atom. The molecular formula is C16H14BrFOS. The minimum atomic E-state index is -0.310. The van der Waals surface area contributed by atoms with E-state index >= 15 is 0 Å². The number of carbonyl (C=O) groups excluding carboxylic acids is 1. The van der Waals surface area contributed by atoms with Crippen molar-refractivity contribution < 1.29 is 9.18 Å². The van der Waals surface area contributed by atoms with E-state index in [-0.39, 0.29) is 11.6 Å². The minimum absolute atomic E-state index is 0.133. The Morgan fingerprint density at radius 1 is 1.20 bits per heavy atom. The largest absolute Gasteiger partial charge is 0.298 e. The van der Waals surface area contributed by atoms with Gasteiger partial charge in [-0.25, -0.2) is 4.39 Å². The van der Waals surface area contributed by atoms with Crippen molar-refractivity contribution in [3.05, 3.63) is 63.9 Å². The molecular weight excluding hydrogens is 339 g/mol. The lowest BCUT2D eigenvalue weighted by atomic mass is 10.1. The van der Waals surface area contributed by atoms with Crippen LogP contribution >= 0.6 is 27.7 Å². The molecule has 0 heterocycles. The van der Waals surface area contributed by atoms with Gasteiger partial charge in [-0.05, 0) is 52.7 Å². The topological polar surface area (TPSA) is 17.1 Å². The highest BCUT2D eigenvalue weighted by atomic mass is 79.9. The summed E-state index contributed by atoms with van der Waals surface area (Å²) in [5.74, 6) is 0.252. The Balaban J connectivity index is 1.89. The molecule has 2 rings (SSSR count). The molecule has 0 spiro atoms. The molecule has 4 heteroatoms. The zero-order chi connectivity index (χ0) is 14.5. The smallest absolute Gasteiger partial charge is 0.147 e. The standard InChI is InChI=1S/C16H14BrFOS/c1-11-2-5-14(6-3-11)20-10-13(19)8-12-4-7-16(18)15(17)9-12/h2-7,9H,8,10H2,1H3. The van der Waals surface area contributed by atoms with Gasteiger partial charge in [-0.3, -0.25) is 4.79 Å². The highest BCUT2D eigenvalue weighted by Crippen LogP contribution is 2.20. The third kappa shape index (κ3) is 4.46. The van der Waals surface area contributed by atoms with Gasteiger partial charge in [0.25, 0.3) is 0 Å². The number of aryl methyl sites for hydroxylation is 1. The molecule has 0 atom stereocenters. The Bertz CT molecular complexity index is 610. The van der Waals surface area contributed by atoms with Crippen molar-refractivity contribution in [2.24, 2.45) is 0 Å². The summed E-state index contributed by atoms with van der Waals surface area (Å²) < 4.78 is 13.5. The average Bonchev–Trinajstić information content (AvgIpc) is 2.42. The predicted octanol–water partition coefficient (Wildman–Crippen LogP) is 4.80. The van der Waals surface area contributed by atoms with Crippen molar-refractivity contribution in [3.8, 4) is 0 Å². The van der Waals surface area contributed by atoms with Gasteiger partial charge in [-0.15, -0.1) is 11.8 Å². The summed E-state index contributed by atoms with van der Waals surface area (Å²) >= 11 is 4.66. The highest BCUT2D eigenvalue weighted by molar-refractivity contribution is 9.10. The van der Waals surface area contributed by atoms with Crippen molar-refractivity contribution in [3.63, 3.8) is 0 Å². The molecule has 104 valence electrons. The number of rotatable bonds is 5. The van der Waals surface area contributed by atoms with Gasteiger partial charge in [-0.1, -0.05) is 23.8 Å². The van der Waals surface area contributed by atoms with E-state index in [1.165, 1.54) is 23.4 Å². The van der Waals surface area contributed by atoms with Crippen LogP contribution in [0.25, 0.3) is 0 Å². The normalized spacial score (nSPS) is 10.6. The third-order valence-electron chi connectivity index (χ3n) is 2.81. The Labute approximate surface area is 130 Å². The van der Waals surface area contributed by atoms with Gasteiger partial charge in [0.2, 0.25) is 0 Å². The van der Waals surface area contributed by atoms with Gasteiger partial charge < -0.3 is 0 Å². The molecule has 0 aliphatic carbocycles. The average molecular weight is 353 g/mol. The zero-order valence-corrected chi connectivity index (χ0v) is 13.4. The lowest BCUT2D eigenvalue weighted by Gasteiger charge is -2.04. The summed E-state index contributed by atoms with van der Waals surface area (Å²) in [5.41, 5.74) is 2.03. The molecule has 0 N–H and O–H groups in total. The molecule has 0 aliphatic heterocycles. The summed E-state index contributed by atoms with van der Waals surface area (Å²) in [6.07, 6.45) is 0.331. The lowest BCUT2D eigenvalue weighted by molar-refractivity contribution is -0.116. The minimum Gasteiger partial charge on any atom is -0.298 e. The number of hydrogen-bond donors (Lipinski definition) is 0. The fourth-order valence-corrected chi connectivity index (χ4v) is 2.91.